The average Bonchev–Trinajstić information content (AvgIpc) is 2.74. The topological polar surface area (TPSA) is 79.0 Å². The minimum Gasteiger partial charge on any atom is -0.378 e. The molecule has 0 aromatic heterocycles. The van der Waals surface area contributed by atoms with Gasteiger partial charge in [-0.2, -0.15) is 0 Å². The molecule has 7 nitrogen and oxygen atoms in total. The van der Waals surface area contributed by atoms with Crippen LogP contribution in [0, 0.1) is 5.92 Å². The summed E-state index contributed by atoms with van der Waals surface area (Å²) in [6.45, 7) is 3.79. The summed E-state index contributed by atoms with van der Waals surface area (Å²) in [5, 5.41) is 3.32. The molecule has 3 amide bonds. The molecule has 152 valence electrons. The molecule has 0 aliphatic carbocycles. The summed E-state index contributed by atoms with van der Waals surface area (Å²) >= 11 is 5.82. The summed E-state index contributed by atoms with van der Waals surface area (Å²) in [7, 11) is 0. The summed E-state index contributed by atoms with van der Waals surface area (Å²) in [5.74, 6) is -0.282. The normalized spacial score (nSPS) is 20.0. The first-order valence-corrected chi connectivity index (χ1v) is 10.1. The minimum absolute atomic E-state index is 0.0316. The van der Waals surface area contributed by atoms with Crippen molar-refractivity contribution in [1.82, 2.24) is 15.1 Å². The molecular weight excluding hydrogens is 382 g/mol. The zero-order chi connectivity index (χ0) is 19.9. The van der Waals surface area contributed by atoms with Gasteiger partial charge in [0.15, 0.2) is 0 Å². The predicted molar refractivity (Wildman–Crippen MR) is 105 cm³/mol. The van der Waals surface area contributed by atoms with Gasteiger partial charge in [0.25, 0.3) is 5.91 Å². The molecule has 1 N–H and O–H groups in total. The molecule has 1 aromatic carbocycles. The van der Waals surface area contributed by atoms with Gasteiger partial charge in [-0.25, -0.2) is 0 Å². The third-order valence-electron chi connectivity index (χ3n) is 5.18. The number of piperidine rings is 1. The smallest absolute Gasteiger partial charge is 0.251 e. The number of nitrogens with one attached hydrogen (secondary N) is 1. The Kier molecular flexibility index (Phi) is 7.28. The van der Waals surface area contributed by atoms with Crippen LogP contribution in [-0.4, -0.2) is 73.5 Å². The highest BCUT2D eigenvalue weighted by molar-refractivity contribution is 6.30. The summed E-state index contributed by atoms with van der Waals surface area (Å²) in [6.07, 6.45) is 1.86. The van der Waals surface area contributed by atoms with Gasteiger partial charge in [-0.05, 0) is 37.1 Å². The summed E-state index contributed by atoms with van der Waals surface area (Å²) in [6, 6.07) is 6.60. The van der Waals surface area contributed by atoms with E-state index in [0.29, 0.717) is 50.0 Å². The molecule has 0 spiro atoms. The van der Waals surface area contributed by atoms with Crippen LogP contribution >= 0.6 is 11.6 Å². The van der Waals surface area contributed by atoms with Crippen LogP contribution in [0.2, 0.25) is 5.02 Å². The van der Waals surface area contributed by atoms with Crippen molar-refractivity contribution in [3.05, 3.63) is 34.9 Å². The molecule has 8 heteroatoms. The maximum atomic E-state index is 12.7. The number of carbonyl (C=O) groups is 3. The number of likely N-dealkylation sites (tertiary alicyclic amines) is 1. The van der Waals surface area contributed by atoms with Crippen LogP contribution in [0.1, 0.15) is 29.6 Å². The van der Waals surface area contributed by atoms with E-state index in [-0.39, 0.29) is 36.6 Å². The number of ether oxygens (including phenoxy) is 1. The number of hydrogen-bond donors (Lipinski definition) is 1. The molecule has 1 aromatic rings. The van der Waals surface area contributed by atoms with Gasteiger partial charge in [-0.3, -0.25) is 14.4 Å². The fraction of sp³-hybridized carbons (Fsp3) is 0.550. The highest BCUT2D eigenvalue weighted by Crippen LogP contribution is 2.20. The highest BCUT2D eigenvalue weighted by Gasteiger charge is 2.31. The Morgan fingerprint density at radius 2 is 1.79 bits per heavy atom. The van der Waals surface area contributed by atoms with Crippen LogP contribution in [0.25, 0.3) is 0 Å². The molecule has 2 heterocycles. The third kappa shape index (κ3) is 5.45. The van der Waals surface area contributed by atoms with E-state index in [1.54, 1.807) is 29.2 Å². The van der Waals surface area contributed by atoms with Crippen LogP contribution in [0.15, 0.2) is 24.3 Å². The highest BCUT2D eigenvalue weighted by atomic mass is 35.5. The predicted octanol–water partition coefficient (Wildman–Crippen LogP) is 1.56. The third-order valence-corrected chi connectivity index (χ3v) is 5.43. The molecule has 0 radical (unpaired) electrons. The molecule has 2 saturated heterocycles. The van der Waals surface area contributed by atoms with Gasteiger partial charge in [0, 0.05) is 49.7 Å². The van der Waals surface area contributed by atoms with E-state index in [1.165, 1.54) is 0 Å². The van der Waals surface area contributed by atoms with E-state index in [2.05, 4.69) is 5.32 Å². The Morgan fingerprint density at radius 3 is 2.50 bits per heavy atom. The van der Waals surface area contributed by atoms with Crippen molar-refractivity contribution in [2.24, 2.45) is 5.92 Å². The fourth-order valence-electron chi connectivity index (χ4n) is 3.59. The van der Waals surface area contributed by atoms with Gasteiger partial charge in [-0.1, -0.05) is 11.6 Å². The van der Waals surface area contributed by atoms with Crippen molar-refractivity contribution in [3.8, 4) is 0 Å². The van der Waals surface area contributed by atoms with Crippen molar-refractivity contribution in [1.29, 1.82) is 0 Å². The quantitative estimate of drug-likeness (QED) is 0.803. The van der Waals surface area contributed by atoms with Crippen LogP contribution in [0.5, 0.6) is 0 Å². The van der Waals surface area contributed by atoms with Gasteiger partial charge in [0.1, 0.15) is 0 Å². The van der Waals surface area contributed by atoms with E-state index in [0.717, 1.165) is 12.8 Å². The van der Waals surface area contributed by atoms with E-state index >= 15 is 0 Å². The Hall–Kier alpha value is -2.12. The zero-order valence-electron chi connectivity index (χ0n) is 15.9. The van der Waals surface area contributed by atoms with Crippen LogP contribution in [-0.2, 0) is 14.3 Å². The molecular formula is C20H26ClN3O4. The number of nitrogens with zero attached hydrogens (tertiary/aromatic N) is 2. The van der Waals surface area contributed by atoms with E-state index < -0.39 is 0 Å². The number of carbonyl (C=O) groups excluding carboxylic acids is 3. The van der Waals surface area contributed by atoms with Gasteiger partial charge >= 0.3 is 0 Å². The maximum Gasteiger partial charge on any atom is 0.251 e. The minimum atomic E-state index is -0.233. The molecule has 1 atom stereocenters. The number of rotatable bonds is 5. The molecule has 2 fully saturated rings. The molecule has 0 bridgehead atoms. The molecule has 1 unspecified atom stereocenters. The number of morpholine rings is 1. The number of halogens is 1. The zero-order valence-corrected chi connectivity index (χ0v) is 16.6. The molecule has 28 heavy (non-hydrogen) atoms. The van der Waals surface area contributed by atoms with Gasteiger partial charge in [0.2, 0.25) is 11.8 Å². The van der Waals surface area contributed by atoms with Crippen LogP contribution in [0.4, 0.5) is 0 Å². The second-order valence-corrected chi connectivity index (χ2v) is 7.57. The summed E-state index contributed by atoms with van der Waals surface area (Å²) in [5.41, 5.74) is 0.506. The second-order valence-electron chi connectivity index (χ2n) is 7.13. The Balaban J connectivity index is 1.44. The van der Waals surface area contributed by atoms with Gasteiger partial charge in [-0.15, -0.1) is 0 Å². The van der Waals surface area contributed by atoms with Crippen molar-refractivity contribution >= 4 is 29.3 Å². The summed E-state index contributed by atoms with van der Waals surface area (Å²) in [4.78, 5) is 40.9. The number of benzene rings is 1. The lowest BCUT2D eigenvalue weighted by molar-refractivity contribution is -0.143. The Morgan fingerprint density at radius 1 is 1.07 bits per heavy atom. The van der Waals surface area contributed by atoms with Crippen LogP contribution in [0.3, 0.4) is 0 Å². The average molecular weight is 408 g/mol. The molecule has 3 rings (SSSR count). The SMILES string of the molecule is O=C(NCCC(=O)N1CCCC(C(=O)N2CCOCC2)C1)c1ccc(Cl)cc1. The summed E-state index contributed by atoms with van der Waals surface area (Å²) < 4.78 is 5.30. The first-order valence-electron chi connectivity index (χ1n) is 9.72. The van der Waals surface area contributed by atoms with Gasteiger partial charge < -0.3 is 19.9 Å². The largest absolute Gasteiger partial charge is 0.378 e. The molecule has 0 saturated carbocycles. The fourth-order valence-corrected chi connectivity index (χ4v) is 3.72. The van der Waals surface area contributed by atoms with Crippen molar-refractivity contribution in [3.63, 3.8) is 0 Å². The maximum absolute atomic E-state index is 12.7. The standard InChI is InChI=1S/C20H26ClN3O4/c21-17-5-3-15(4-6-17)19(26)22-8-7-18(25)24-9-1-2-16(14-24)20(27)23-10-12-28-13-11-23/h3-6,16H,1-2,7-14H2,(H,22,26). The van der Waals surface area contributed by atoms with Gasteiger partial charge in [0.05, 0.1) is 19.1 Å². The lowest BCUT2D eigenvalue weighted by atomic mass is 9.96. The first kappa shape index (κ1) is 20.6. The monoisotopic (exact) mass is 407 g/mol. The van der Waals surface area contributed by atoms with E-state index in [9.17, 15) is 14.4 Å². The Bertz CT molecular complexity index is 704. The van der Waals surface area contributed by atoms with E-state index in [1.807, 2.05) is 4.90 Å². The van der Waals surface area contributed by atoms with Crippen molar-refractivity contribution in [2.75, 3.05) is 45.9 Å². The van der Waals surface area contributed by atoms with Crippen molar-refractivity contribution < 1.29 is 19.1 Å². The second kappa shape index (κ2) is 9.89. The van der Waals surface area contributed by atoms with Crippen molar-refractivity contribution in [2.45, 2.75) is 19.3 Å². The van der Waals surface area contributed by atoms with E-state index in [4.69, 9.17) is 16.3 Å². The molecule has 2 aliphatic rings. The number of amides is 3. The number of hydrogen-bond acceptors (Lipinski definition) is 4. The first-order chi connectivity index (χ1) is 13.5. The van der Waals surface area contributed by atoms with Crippen LogP contribution < -0.4 is 5.32 Å². The lowest BCUT2D eigenvalue weighted by Crippen LogP contribution is -2.49. The Labute approximate surface area is 169 Å². The lowest BCUT2D eigenvalue weighted by Gasteiger charge is -2.36. The molecule has 2 aliphatic heterocycles.